The number of benzene rings is 1. The van der Waals surface area contributed by atoms with Crippen LogP contribution < -0.4 is 15.0 Å². The van der Waals surface area contributed by atoms with Crippen LogP contribution in [0.5, 0.6) is 5.75 Å². The molecular weight excluding hydrogens is 874 g/mol. The number of fused-ring (bicyclic) bond motifs is 1. The number of hydrogen-bond acceptors (Lipinski definition) is 11. The Hall–Kier alpha value is -3.80. The maximum atomic E-state index is 13.7. The number of alkyl halides is 1. The molecule has 1 fully saturated rings. The van der Waals surface area contributed by atoms with Crippen LogP contribution in [0, 0.1) is 5.41 Å². The number of nitrogens with zero attached hydrogens (tertiary/aromatic N) is 4. The van der Waals surface area contributed by atoms with Crippen LogP contribution in [0.25, 0.3) is 5.57 Å². The molecule has 0 aliphatic carbocycles. The Labute approximate surface area is 394 Å². The van der Waals surface area contributed by atoms with Crippen molar-refractivity contribution in [2.45, 2.75) is 113 Å². The molecule has 5 amide bonds. The highest BCUT2D eigenvalue weighted by Crippen LogP contribution is 2.44. The summed E-state index contributed by atoms with van der Waals surface area (Å²) in [5.41, 5.74) is 2.36. The van der Waals surface area contributed by atoms with Gasteiger partial charge in [0.2, 0.25) is 5.91 Å². The predicted octanol–water partition coefficient (Wildman–Crippen LogP) is 8.09. The maximum absolute atomic E-state index is 13.7. The Kier molecular flexibility index (Phi) is 26.9. The Morgan fingerprint density at radius 2 is 1.40 bits per heavy atom. The summed E-state index contributed by atoms with van der Waals surface area (Å²) in [6, 6.07) is 5.20. The molecule has 0 bridgehead atoms. The molecule has 1 aromatic carbocycles. The van der Waals surface area contributed by atoms with Crippen LogP contribution in [0.2, 0.25) is 0 Å². The topological polar surface area (TPSA) is 175 Å². The zero-order valence-electron chi connectivity index (χ0n) is 40.4. The smallest absolute Gasteiger partial charge is 0.333 e. The van der Waals surface area contributed by atoms with Gasteiger partial charge < -0.3 is 29.3 Å². The summed E-state index contributed by atoms with van der Waals surface area (Å²) in [6.07, 6.45) is 10.4. The van der Waals surface area contributed by atoms with Crippen molar-refractivity contribution in [3.63, 3.8) is 0 Å². The van der Waals surface area contributed by atoms with Crippen molar-refractivity contribution in [3.05, 3.63) is 53.3 Å². The number of carbonyl (C=O) groups is 4. The maximum Gasteiger partial charge on any atom is 0.333 e. The molecule has 0 saturated carbocycles. The second kappa shape index (κ2) is 30.5. The molecule has 2 heterocycles. The standard InChI is InChI=1S/C42H63ClN4O10S.C6H15N/c1-6-45(7-2)32-17-19-34-36(42(3,4)5)31-33(57-37(34)30-32)18-20-35-39(49)46(41(51)47(40(35)50)24-15-29-58(52,53)54)23-13-10-11-16-38(48)44-22-26-56-28-27-55-25-14-9-8-12-21-43;1-4-7(5-2)6-3/h17-20,30-31H,6-16,21-29H2,1-5H3,(H,44,48)(H,52,53,54);4-6H2,1-3H3/b33-18-,35-20-;. The summed E-state index contributed by atoms with van der Waals surface area (Å²) in [6.45, 7) is 24.1. The van der Waals surface area contributed by atoms with E-state index in [4.69, 9.17) is 25.8 Å². The molecule has 368 valence electrons. The van der Waals surface area contributed by atoms with Crippen molar-refractivity contribution in [2.24, 2.45) is 5.41 Å². The molecule has 0 atom stereocenters. The third-order valence-corrected chi connectivity index (χ3v) is 12.1. The number of anilines is 1. The molecule has 0 aromatic heterocycles. The second-order valence-corrected chi connectivity index (χ2v) is 18.8. The molecule has 17 heteroatoms. The lowest BCUT2D eigenvalue weighted by atomic mass is 9.80. The first-order valence-electron chi connectivity index (χ1n) is 23.5. The molecule has 1 saturated heterocycles. The quantitative estimate of drug-likeness (QED) is 0.0260. The van der Waals surface area contributed by atoms with Gasteiger partial charge in [-0.1, -0.05) is 60.8 Å². The zero-order chi connectivity index (χ0) is 48.4. The van der Waals surface area contributed by atoms with Crippen LogP contribution in [-0.2, 0) is 34.0 Å². The van der Waals surface area contributed by atoms with E-state index in [1.807, 2.05) is 18.2 Å². The molecule has 65 heavy (non-hydrogen) atoms. The van der Waals surface area contributed by atoms with Crippen LogP contribution in [0.4, 0.5) is 10.5 Å². The van der Waals surface area contributed by atoms with Gasteiger partial charge in [-0.25, -0.2) is 4.79 Å². The van der Waals surface area contributed by atoms with Crippen LogP contribution >= 0.6 is 11.6 Å². The van der Waals surface area contributed by atoms with Crippen LogP contribution in [0.1, 0.15) is 119 Å². The highest BCUT2D eigenvalue weighted by Gasteiger charge is 2.41. The number of unbranched alkanes of at least 4 members (excludes halogenated alkanes) is 5. The van der Waals surface area contributed by atoms with Gasteiger partial charge in [-0.2, -0.15) is 8.42 Å². The van der Waals surface area contributed by atoms with Gasteiger partial charge in [0, 0.05) is 68.9 Å². The Morgan fingerprint density at radius 1 is 0.800 bits per heavy atom. The van der Waals surface area contributed by atoms with Crippen molar-refractivity contribution in [2.75, 3.05) is 95.3 Å². The van der Waals surface area contributed by atoms with Crippen molar-refractivity contribution in [3.8, 4) is 5.75 Å². The highest BCUT2D eigenvalue weighted by molar-refractivity contribution is 7.85. The first kappa shape index (κ1) is 57.3. The highest BCUT2D eigenvalue weighted by atomic mass is 35.5. The van der Waals surface area contributed by atoms with Crippen LogP contribution in [0.3, 0.4) is 0 Å². The van der Waals surface area contributed by atoms with E-state index in [2.05, 4.69) is 76.6 Å². The number of nitrogens with one attached hydrogen (secondary N) is 1. The number of urea groups is 1. The molecule has 0 spiro atoms. The lowest BCUT2D eigenvalue weighted by molar-refractivity contribution is -0.136. The molecule has 15 nitrogen and oxygen atoms in total. The van der Waals surface area contributed by atoms with Gasteiger partial charge in [0.05, 0.1) is 25.6 Å². The fourth-order valence-electron chi connectivity index (χ4n) is 7.22. The molecule has 2 N–H and O–H groups in total. The average Bonchev–Trinajstić information content (AvgIpc) is 3.26. The minimum absolute atomic E-state index is 0.0231. The number of imide groups is 2. The van der Waals surface area contributed by atoms with Crippen LogP contribution in [0.15, 0.2) is 47.8 Å². The average molecular weight is 953 g/mol. The molecule has 2 aliphatic heterocycles. The van der Waals surface area contributed by atoms with E-state index in [0.717, 1.165) is 65.4 Å². The lowest BCUT2D eigenvalue weighted by Crippen LogP contribution is -2.56. The van der Waals surface area contributed by atoms with Crippen LogP contribution in [-0.4, -0.2) is 142 Å². The number of carbonyl (C=O) groups excluding carboxylic acids is 4. The van der Waals surface area contributed by atoms with E-state index in [-0.39, 0.29) is 42.8 Å². The summed E-state index contributed by atoms with van der Waals surface area (Å²) in [5, 5.41) is 2.82. The van der Waals surface area contributed by atoms with Crippen molar-refractivity contribution in [1.82, 2.24) is 20.0 Å². The fraction of sp³-hybridized carbons (Fsp3) is 0.667. The van der Waals surface area contributed by atoms with Crippen molar-refractivity contribution >= 4 is 56.7 Å². The minimum atomic E-state index is -4.35. The number of rotatable bonds is 29. The lowest BCUT2D eigenvalue weighted by Gasteiger charge is -2.34. The summed E-state index contributed by atoms with van der Waals surface area (Å²) in [4.78, 5) is 59.6. The largest absolute Gasteiger partial charge is 0.457 e. The van der Waals surface area contributed by atoms with Gasteiger partial charge in [-0.05, 0) is 107 Å². The number of ether oxygens (including phenoxy) is 3. The van der Waals surface area contributed by atoms with E-state index in [1.54, 1.807) is 0 Å². The number of amides is 5. The molecule has 1 aromatic rings. The zero-order valence-corrected chi connectivity index (χ0v) is 42.0. The monoisotopic (exact) mass is 952 g/mol. The van der Waals surface area contributed by atoms with Gasteiger partial charge in [-0.3, -0.25) is 28.7 Å². The number of halogens is 1. The van der Waals surface area contributed by atoms with Gasteiger partial charge in [0.1, 0.15) is 17.1 Å². The third kappa shape index (κ3) is 20.7. The number of hydrogen-bond donors (Lipinski definition) is 2. The van der Waals surface area contributed by atoms with E-state index < -0.39 is 33.7 Å². The number of barbiturate groups is 1. The Bertz CT molecular complexity index is 1850. The van der Waals surface area contributed by atoms with Crippen molar-refractivity contribution in [1.29, 1.82) is 0 Å². The molecule has 0 radical (unpaired) electrons. The summed E-state index contributed by atoms with van der Waals surface area (Å²) in [7, 11) is -4.35. The van der Waals surface area contributed by atoms with E-state index in [9.17, 15) is 32.1 Å². The van der Waals surface area contributed by atoms with Gasteiger partial charge in [0.15, 0.2) is 0 Å². The number of allylic oxidation sites excluding steroid dienone is 4. The second-order valence-electron chi connectivity index (χ2n) is 16.9. The first-order valence-corrected chi connectivity index (χ1v) is 25.6. The van der Waals surface area contributed by atoms with E-state index in [0.29, 0.717) is 69.6 Å². The van der Waals surface area contributed by atoms with E-state index >= 15 is 0 Å². The molecule has 2 aliphatic rings. The van der Waals surface area contributed by atoms with Gasteiger partial charge in [-0.15, -0.1) is 11.6 Å². The molecular formula is C48H78ClN5O10S. The normalized spacial score (nSPS) is 15.6. The van der Waals surface area contributed by atoms with Gasteiger partial charge >= 0.3 is 6.03 Å². The Morgan fingerprint density at radius 3 is 1.97 bits per heavy atom. The SMILES string of the molecule is CCN(CC)CC.CCN(CC)c1ccc2c(c1)O/C(=C\C=C1\C(=O)N(CCCCCC(=O)NCCOCCOCCCCCCCl)C(=O)N(CCCS(=O)(=O)O)C1=O)C=C2C(C)(C)C. The summed E-state index contributed by atoms with van der Waals surface area (Å²) in [5.74, 6) is -0.757. The van der Waals surface area contributed by atoms with Crippen molar-refractivity contribution < 1.29 is 46.4 Å². The first-order chi connectivity index (χ1) is 31.0. The summed E-state index contributed by atoms with van der Waals surface area (Å²) >= 11 is 5.68. The summed E-state index contributed by atoms with van der Waals surface area (Å²) < 4.78 is 49.4. The fourth-order valence-corrected chi connectivity index (χ4v) is 7.90. The third-order valence-electron chi connectivity index (χ3n) is 11.1. The predicted molar refractivity (Wildman–Crippen MR) is 260 cm³/mol. The molecule has 0 unspecified atom stereocenters. The Balaban J connectivity index is 0.00000191. The molecule has 3 rings (SSSR count). The van der Waals surface area contributed by atoms with Gasteiger partial charge in [0.25, 0.3) is 21.9 Å². The van der Waals surface area contributed by atoms with E-state index in [1.165, 1.54) is 31.8 Å². The minimum Gasteiger partial charge on any atom is -0.457 e.